The van der Waals surface area contributed by atoms with Crippen LogP contribution in [0, 0.1) is 0 Å². The Bertz CT molecular complexity index is 391. The molecular weight excluding hydrogens is 258 g/mol. The number of nitrogens with zero attached hydrogens (tertiary/aromatic N) is 2. The standard InChI is InChI=1S/C15H24ClN3/c1-4-17-14-9-10-19(11-15(14)18(2)3)13-7-5-12(16)6-8-13/h5-8,14-15,17H,4,9-11H2,1-3H3/t14-,15+/m0/s1. The fraction of sp³-hybridized carbons (Fsp3) is 0.600. The third-order valence-corrected chi connectivity index (χ3v) is 4.16. The van der Waals surface area contributed by atoms with E-state index in [1.54, 1.807) is 0 Å². The van der Waals surface area contributed by atoms with Crippen molar-refractivity contribution in [1.82, 2.24) is 10.2 Å². The van der Waals surface area contributed by atoms with Crippen molar-refractivity contribution in [3.05, 3.63) is 29.3 Å². The Hall–Kier alpha value is -0.770. The van der Waals surface area contributed by atoms with Crippen LogP contribution >= 0.6 is 11.6 Å². The van der Waals surface area contributed by atoms with Gasteiger partial charge in [-0.3, -0.25) is 0 Å². The molecule has 0 unspecified atom stereocenters. The average molecular weight is 282 g/mol. The normalized spacial score (nSPS) is 23.9. The first-order valence-corrected chi connectivity index (χ1v) is 7.40. The molecule has 2 atom stereocenters. The molecule has 0 aromatic heterocycles. The van der Waals surface area contributed by atoms with Crippen molar-refractivity contribution in [2.75, 3.05) is 38.6 Å². The van der Waals surface area contributed by atoms with Crippen LogP contribution in [0.15, 0.2) is 24.3 Å². The third-order valence-electron chi connectivity index (χ3n) is 3.90. The maximum Gasteiger partial charge on any atom is 0.0419 e. The Balaban J connectivity index is 2.07. The zero-order valence-corrected chi connectivity index (χ0v) is 12.8. The lowest BCUT2D eigenvalue weighted by Gasteiger charge is -2.43. The number of benzene rings is 1. The summed E-state index contributed by atoms with van der Waals surface area (Å²) in [5.41, 5.74) is 1.27. The molecule has 1 fully saturated rings. The van der Waals surface area contributed by atoms with E-state index < -0.39 is 0 Å². The van der Waals surface area contributed by atoms with E-state index in [4.69, 9.17) is 11.6 Å². The van der Waals surface area contributed by atoms with E-state index >= 15 is 0 Å². The van der Waals surface area contributed by atoms with Gasteiger partial charge in [-0.05, 0) is 51.3 Å². The molecule has 19 heavy (non-hydrogen) atoms. The molecule has 3 nitrogen and oxygen atoms in total. The summed E-state index contributed by atoms with van der Waals surface area (Å²) in [4.78, 5) is 4.78. The molecule has 0 aliphatic carbocycles. The van der Waals surface area contributed by atoms with E-state index in [-0.39, 0.29) is 0 Å². The van der Waals surface area contributed by atoms with Crippen molar-refractivity contribution in [3.8, 4) is 0 Å². The number of nitrogens with one attached hydrogen (secondary N) is 1. The molecule has 1 heterocycles. The van der Waals surface area contributed by atoms with Crippen LogP contribution in [0.2, 0.25) is 5.02 Å². The number of likely N-dealkylation sites (N-methyl/N-ethyl adjacent to an activating group) is 2. The molecular formula is C15H24ClN3. The lowest BCUT2D eigenvalue weighted by molar-refractivity contribution is 0.205. The van der Waals surface area contributed by atoms with Crippen LogP contribution < -0.4 is 10.2 Å². The summed E-state index contributed by atoms with van der Waals surface area (Å²) in [5.74, 6) is 0. The molecule has 1 aliphatic heterocycles. The first kappa shape index (κ1) is 14.6. The van der Waals surface area contributed by atoms with Gasteiger partial charge in [-0.15, -0.1) is 0 Å². The predicted molar refractivity (Wildman–Crippen MR) is 83.2 cm³/mol. The molecule has 106 valence electrons. The van der Waals surface area contributed by atoms with Gasteiger partial charge in [0.2, 0.25) is 0 Å². The minimum absolute atomic E-state index is 0.546. The molecule has 0 amide bonds. The summed E-state index contributed by atoms with van der Waals surface area (Å²) in [6.45, 7) is 5.38. The van der Waals surface area contributed by atoms with Gasteiger partial charge < -0.3 is 15.1 Å². The molecule has 1 N–H and O–H groups in total. The van der Waals surface area contributed by atoms with Crippen molar-refractivity contribution in [3.63, 3.8) is 0 Å². The van der Waals surface area contributed by atoms with Crippen LogP contribution in [0.5, 0.6) is 0 Å². The second-order valence-electron chi connectivity index (χ2n) is 5.41. The van der Waals surface area contributed by atoms with Gasteiger partial charge in [0, 0.05) is 35.9 Å². The first-order valence-electron chi connectivity index (χ1n) is 7.02. The van der Waals surface area contributed by atoms with Gasteiger partial charge in [0.15, 0.2) is 0 Å². The van der Waals surface area contributed by atoms with Crippen LogP contribution in [0.25, 0.3) is 0 Å². The van der Waals surface area contributed by atoms with Crippen molar-refractivity contribution in [1.29, 1.82) is 0 Å². The van der Waals surface area contributed by atoms with E-state index in [2.05, 4.69) is 48.3 Å². The number of anilines is 1. The predicted octanol–water partition coefficient (Wildman–Crippen LogP) is 2.46. The van der Waals surface area contributed by atoms with Crippen LogP contribution in [0.4, 0.5) is 5.69 Å². The van der Waals surface area contributed by atoms with Crippen molar-refractivity contribution >= 4 is 17.3 Å². The van der Waals surface area contributed by atoms with Crippen LogP contribution in [-0.4, -0.2) is 50.7 Å². The summed E-state index contributed by atoms with van der Waals surface area (Å²) in [6.07, 6.45) is 1.18. The smallest absolute Gasteiger partial charge is 0.0419 e. The van der Waals surface area contributed by atoms with E-state index in [1.807, 2.05) is 12.1 Å². The molecule has 1 aromatic rings. The number of hydrogen-bond acceptors (Lipinski definition) is 3. The zero-order valence-electron chi connectivity index (χ0n) is 12.1. The molecule has 0 saturated carbocycles. The highest BCUT2D eigenvalue weighted by Gasteiger charge is 2.30. The largest absolute Gasteiger partial charge is 0.370 e. The molecule has 0 bridgehead atoms. The van der Waals surface area contributed by atoms with Gasteiger partial charge in [-0.25, -0.2) is 0 Å². The highest BCUT2D eigenvalue weighted by molar-refractivity contribution is 6.30. The highest BCUT2D eigenvalue weighted by Crippen LogP contribution is 2.23. The fourth-order valence-electron chi connectivity index (χ4n) is 2.84. The van der Waals surface area contributed by atoms with Gasteiger partial charge in [-0.2, -0.15) is 0 Å². The Morgan fingerprint density at radius 2 is 2.00 bits per heavy atom. The van der Waals surface area contributed by atoms with E-state index in [9.17, 15) is 0 Å². The molecule has 4 heteroatoms. The summed E-state index contributed by atoms with van der Waals surface area (Å²) in [5, 5.41) is 4.41. The highest BCUT2D eigenvalue weighted by atomic mass is 35.5. The van der Waals surface area contributed by atoms with E-state index in [0.29, 0.717) is 12.1 Å². The lowest BCUT2D eigenvalue weighted by atomic mass is 9.97. The van der Waals surface area contributed by atoms with Crippen molar-refractivity contribution < 1.29 is 0 Å². The molecule has 1 aliphatic rings. The maximum absolute atomic E-state index is 5.96. The van der Waals surface area contributed by atoms with E-state index in [1.165, 1.54) is 12.1 Å². The quantitative estimate of drug-likeness (QED) is 0.915. The second-order valence-corrected chi connectivity index (χ2v) is 5.84. The Morgan fingerprint density at radius 3 is 2.58 bits per heavy atom. The van der Waals surface area contributed by atoms with Gasteiger partial charge in [0.05, 0.1) is 0 Å². The molecule has 1 saturated heterocycles. The summed E-state index contributed by atoms with van der Waals surface area (Å²) >= 11 is 5.96. The maximum atomic E-state index is 5.96. The minimum Gasteiger partial charge on any atom is -0.370 e. The monoisotopic (exact) mass is 281 g/mol. The molecule has 2 rings (SSSR count). The van der Waals surface area contributed by atoms with Gasteiger partial charge in [0.1, 0.15) is 0 Å². The number of piperidine rings is 1. The molecule has 1 aromatic carbocycles. The zero-order chi connectivity index (χ0) is 13.8. The minimum atomic E-state index is 0.546. The Morgan fingerprint density at radius 1 is 1.32 bits per heavy atom. The fourth-order valence-corrected chi connectivity index (χ4v) is 2.97. The van der Waals surface area contributed by atoms with Crippen LogP contribution in [0.1, 0.15) is 13.3 Å². The Kier molecular flexibility index (Phi) is 5.08. The first-order chi connectivity index (χ1) is 9.11. The van der Waals surface area contributed by atoms with E-state index in [0.717, 1.165) is 24.7 Å². The SMILES string of the molecule is CCN[C@H]1CCN(c2ccc(Cl)cc2)C[C@H]1N(C)C. The number of rotatable bonds is 4. The summed E-state index contributed by atoms with van der Waals surface area (Å²) < 4.78 is 0. The van der Waals surface area contributed by atoms with Crippen molar-refractivity contribution in [2.45, 2.75) is 25.4 Å². The van der Waals surface area contributed by atoms with Gasteiger partial charge >= 0.3 is 0 Å². The topological polar surface area (TPSA) is 18.5 Å². The van der Waals surface area contributed by atoms with Crippen molar-refractivity contribution in [2.24, 2.45) is 0 Å². The van der Waals surface area contributed by atoms with Gasteiger partial charge in [-0.1, -0.05) is 18.5 Å². The number of hydrogen-bond donors (Lipinski definition) is 1. The van der Waals surface area contributed by atoms with Crippen LogP contribution in [0.3, 0.4) is 0 Å². The summed E-state index contributed by atoms with van der Waals surface area (Å²) in [7, 11) is 4.33. The summed E-state index contributed by atoms with van der Waals surface area (Å²) in [6, 6.07) is 9.30. The molecule has 0 spiro atoms. The van der Waals surface area contributed by atoms with Crippen LogP contribution in [-0.2, 0) is 0 Å². The second kappa shape index (κ2) is 6.60. The number of halogens is 1. The Labute approximate surface area is 121 Å². The third kappa shape index (κ3) is 3.62. The molecule has 0 radical (unpaired) electrons. The lowest BCUT2D eigenvalue weighted by Crippen LogP contribution is -2.58. The van der Waals surface area contributed by atoms with Gasteiger partial charge in [0.25, 0.3) is 0 Å². The average Bonchev–Trinajstić information content (AvgIpc) is 2.40.